The highest BCUT2D eigenvalue weighted by Gasteiger charge is 2.41. The van der Waals surface area contributed by atoms with Gasteiger partial charge in [-0.1, -0.05) is 25.8 Å². The molecule has 3 heteroatoms. The van der Waals surface area contributed by atoms with E-state index in [1.165, 1.54) is 12.8 Å². The van der Waals surface area contributed by atoms with Crippen molar-refractivity contribution in [1.82, 2.24) is 0 Å². The highest BCUT2D eigenvalue weighted by atomic mass is 31.2. The Balaban J connectivity index is 2.28. The van der Waals surface area contributed by atoms with E-state index >= 15 is 0 Å². The van der Waals surface area contributed by atoms with Crippen LogP contribution in [0.2, 0.25) is 0 Å². The first-order chi connectivity index (χ1) is 7.20. The molecule has 0 saturated carbocycles. The first-order valence-electron chi connectivity index (χ1n) is 6.05. The van der Waals surface area contributed by atoms with E-state index in [9.17, 15) is 4.89 Å². The van der Waals surface area contributed by atoms with Crippen LogP contribution >= 0.6 is 7.72 Å². The first kappa shape index (κ1) is 13.2. The SMILES string of the molecule is C=CCC(CCC)CC[P+]1(O)CCCO1. The normalized spacial score (nSPS) is 27.9. The summed E-state index contributed by atoms with van der Waals surface area (Å²) in [5, 5.41) is 0. The molecule has 0 aromatic heterocycles. The largest absolute Gasteiger partial charge is 0.271 e. The molecule has 0 aliphatic carbocycles. The second kappa shape index (κ2) is 6.62. The minimum atomic E-state index is -1.96. The van der Waals surface area contributed by atoms with E-state index in [1.54, 1.807) is 0 Å². The van der Waals surface area contributed by atoms with Crippen molar-refractivity contribution in [2.45, 2.75) is 39.0 Å². The number of rotatable bonds is 7. The Bertz CT molecular complexity index is 188. The van der Waals surface area contributed by atoms with Crippen LogP contribution in [0.3, 0.4) is 0 Å². The zero-order chi connectivity index (χ0) is 11.1. The molecule has 2 nitrogen and oxygen atoms in total. The second-order valence-electron chi connectivity index (χ2n) is 4.45. The zero-order valence-electron chi connectivity index (χ0n) is 9.82. The van der Waals surface area contributed by atoms with E-state index in [-0.39, 0.29) is 0 Å². The Morgan fingerprint density at radius 3 is 2.87 bits per heavy atom. The van der Waals surface area contributed by atoms with Gasteiger partial charge < -0.3 is 0 Å². The van der Waals surface area contributed by atoms with Crippen LogP contribution in [-0.2, 0) is 4.52 Å². The fourth-order valence-electron chi connectivity index (χ4n) is 2.20. The smallest absolute Gasteiger partial charge is 0.220 e. The van der Waals surface area contributed by atoms with Crippen molar-refractivity contribution >= 4 is 7.72 Å². The van der Waals surface area contributed by atoms with E-state index < -0.39 is 7.72 Å². The van der Waals surface area contributed by atoms with Gasteiger partial charge in [0.05, 0.1) is 6.61 Å². The van der Waals surface area contributed by atoms with Gasteiger partial charge >= 0.3 is 0 Å². The van der Waals surface area contributed by atoms with E-state index in [2.05, 4.69) is 13.5 Å². The molecule has 1 N–H and O–H groups in total. The van der Waals surface area contributed by atoms with Crippen LogP contribution in [0.5, 0.6) is 0 Å². The van der Waals surface area contributed by atoms with Crippen LogP contribution in [0.15, 0.2) is 12.7 Å². The third-order valence-electron chi connectivity index (χ3n) is 3.07. The molecule has 0 aromatic rings. The number of hydrogen-bond acceptors (Lipinski definition) is 2. The van der Waals surface area contributed by atoms with Gasteiger partial charge in [0.2, 0.25) is 0 Å². The molecule has 0 bridgehead atoms. The second-order valence-corrected chi connectivity index (χ2v) is 7.29. The van der Waals surface area contributed by atoms with Crippen LogP contribution in [0.1, 0.15) is 39.0 Å². The van der Waals surface area contributed by atoms with E-state index in [0.717, 1.165) is 38.2 Å². The van der Waals surface area contributed by atoms with E-state index in [4.69, 9.17) is 4.52 Å². The van der Waals surface area contributed by atoms with Crippen LogP contribution in [-0.4, -0.2) is 23.8 Å². The number of hydrogen-bond donors (Lipinski definition) is 1. The molecular formula is C12H24O2P+. The summed E-state index contributed by atoms with van der Waals surface area (Å²) in [7, 11) is -1.96. The summed E-state index contributed by atoms with van der Waals surface area (Å²) in [4.78, 5) is 10.1. The van der Waals surface area contributed by atoms with Crippen molar-refractivity contribution in [3.05, 3.63) is 12.7 Å². The van der Waals surface area contributed by atoms with Crippen molar-refractivity contribution in [2.75, 3.05) is 18.9 Å². The fourth-order valence-corrected chi connectivity index (χ4v) is 4.54. The average Bonchev–Trinajstić information content (AvgIpc) is 2.63. The lowest BCUT2D eigenvalue weighted by atomic mass is 9.97. The van der Waals surface area contributed by atoms with Gasteiger partial charge in [-0.15, -0.1) is 6.58 Å². The van der Waals surface area contributed by atoms with Crippen LogP contribution in [0, 0.1) is 5.92 Å². The maximum atomic E-state index is 10.1. The van der Waals surface area contributed by atoms with Gasteiger partial charge in [-0.3, -0.25) is 0 Å². The Labute approximate surface area is 94.2 Å². The first-order valence-corrected chi connectivity index (χ1v) is 8.08. The Morgan fingerprint density at radius 1 is 1.53 bits per heavy atom. The monoisotopic (exact) mass is 231 g/mol. The lowest BCUT2D eigenvalue weighted by Gasteiger charge is -2.16. The summed E-state index contributed by atoms with van der Waals surface area (Å²) in [6.07, 6.45) is 9.49. The van der Waals surface area contributed by atoms with Crippen LogP contribution in [0.25, 0.3) is 0 Å². The molecule has 1 aliphatic rings. The van der Waals surface area contributed by atoms with Crippen LogP contribution < -0.4 is 0 Å². The molecule has 1 fully saturated rings. The van der Waals surface area contributed by atoms with Gasteiger partial charge in [-0.05, 0) is 18.8 Å². The number of allylic oxidation sites excluding steroid dienone is 1. The van der Waals surface area contributed by atoms with Crippen molar-refractivity contribution < 1.29 is 9.42 Å². The predicted octanol–water partition coefficient (Wildman–Crippen LogP) is 3.63. The molecule has 1 saturated heterocycles. The summed E-state index contributed by atoms with van der Waals surface area (Å²) in [5.74, 6) is 0.695. The quantitative estimate of drug-likeness (QED) is 0.535. The van der Waals surface area contributed by atoms with Crippen molar-refractivity contribution in [3.63, 3.8) is 0 Å². The predicted molar refractivity (Wildman–Crippen MR) is 67.3 cm³/mol. The van der Waals surface area contributed by atoms with Gasteiger partial charge in [-0.2, -0.15) is 0 Å². The molecule has 0 aromatic carbocycles. The topological polar surface area (TPSA) is 29.5 Å². The van der Waals surface area contributed by atoms with Gasteiger partial charge in [0, 0.05) is 6.42 Å². The Hall–Kier alpha value is 0.0900. The Morgan fingerprint density at radius 2 is 2.33 bits per heavy atom. The minimum absolute atomic E-state index is 0.695. The van der Waals surface area contributed by atoms with Crippen molar-refractivity contribution in [1.29, 1.82) is 0 Å². The average molecular weight is 231 g/mol. The summed E-state index contributed by atoms with van der Waals surface area (Å²) < 4.78 is 5.49. The van der Waals surface area contributed by atoms with Gasteiger partial charge in [-0.25, -0.2) is 9.42 Å². The molecular weight excluding hydrogens is 207 g/mol. The Kier molecular flexibility index (Phi) is 5.81. The molecule has 1 heterocycles. The molecule has 0 amide bonds. The molecule has 0 spiro atoms. The maximum Gasteiger partial charge on any atom is 0.271 e. The third-order valence-corrected chi connectivity index (χ3v) is 5.70. The lowest BCUT2D eigenvalue weighted by molar-refractivity contribution is 0.325. The third kappa shape index (κ3) is 4.63. The van der Waals surface area contributed by atoms with Crippen molar-refractivity contribution in [3.8, 4) is 0 Å². The maximum absolute atomic E-state index is 10.1. The molecule has 2 unspecified atom stereocenters. The highest BCUT2D eigenvalue weighted by Crippen LogP contribution is 2.60. The van der Waals surface area contributed by atoms with Crippen molar-refractivity contribution in [2.24, 2.45) is 5.92 Å². The summed E-state index contributed by atoms with van der Waals surface area (Å²) >= 11 is 0. The minimum Gasteiger partial charge on any atom is -0.220 e. The van der Waals surface area contributed by atoms with Gasteiger partial charge in [0.25, 0.3) is 7.72 Å². The zero-order valence-corrected chi connectivity index (χ0v) is 10.7. The van der Waals surface area contributed by atoms with Gasteiger partial charge in [0.1, 0.15) is 12.3 Å². The molecule has 2 atom stereocenters. The lowest BCUT2D eigenvalue weighted by Crippen LogP contribution is -2.06. The summed E-state index contributed by atoms with van der Waals surface area (Å²) in [6.45, 7) is 6.78. The van der Waals surface area contributed by atoms with Gasteiger partial charge in [0.15, 0.2) is 0 Å². The molecule has 88 valence electrons. The highest BCUT2D eigenvalue weighted by molar-refractivity contribution is 7.65. The molecule has 1 aliphatic heterocycles. The standard InChI is InChI=1S/C12H24O2P/c1-3-6-12(7-4-2)8-11-15(13)10-5-9-14-15/h3,12-13H,1,4-11H2,2H3/q+1. The molecule has 0 radical (unpaired) electrons. The molecule has 1 rings (SSSR count). The van der Waals surface area contributed by atoms with E-state index in [0.29, 0.717) is 5.92 Å². The molecule has 15 heavy (non-hydrogen) atoms. The van der Waals surface area contributed by atoms with E-state index in [1.807, 2.05) is 6.08 Å². The summed E-state index contributed by atoms with van der Waals surface area (Å²) in [5.41, 5.74) is 0. The van der Waals surface area contributed by atoms with Crippen LogP contribution in [0.4, 0.5) is 0 Å². The summed E-state index contributed by atoms with van der Waals surface area (Å²) in [6, 6.07) is 0. The fraction of sp³-hybridized carbons (Fsp3) is 0.833.